The number of nitrogens with one attached hydrogen (secondary N) is 2. The minimum atomic E-state index is -0.592. The molecule has 2 rings (SSSR count). The van der Waals surface area contributed by atoms with Crippen LogP contribution in [0.15, 0.2) is 0 Å². The van der Waals surface area contributed by atoms with E-state index in [0.29, 0.717) is 0 Å². The molecular weight excluding hydrogens is 240 g/mol. The van der Waals surface area contributed by atoms with Crippen molar-refractivity contribution in [2.45, 2.75) is 57.4 Å². The molecule has 2 amide bonds. The molecule has 19 heavy (non-hydrogen) atoms. The zero-order valence-corrected chi connectivity index (χ0v) is 11.9. The molecule has 1 heterocycles. The quantitative estimate of drug-likeness (QED) is 0.540. The highest BCUT2D eigenvalue weighted by molar-refractivity contribution is 5.92. The number of likely N-dealkylation sites (tertiary alicyclic amines) is 1. The average Bonchev–Trinajstić information content (AvgIpc) is 2.93. The molecule has 4 N–H and O–H groups in total. The molecule has 0 aromatic rings. The first-order valence-corrected chi connectivity index (χ1v) is 7.49. The van der Waals surface area contributed by atoms with E-state index < -0.39 is 5.54 Å². The van der Waals surface area contributed by atoms with E-state index in [4.69, 9.17) is 11.1 Å². The van der Waals surface area contributed by atoms with Gasteiger partial charge in [0.25, 0.3) is 0 Å². The molecular formula is C14H26N4O. The summed E-state index contributed by atoms with van der Waals surface area (Å²) in [5, 5.41) is 10.9. The number of hydrogen-bond donors (Lipinski definition) is 3. The van der Waals surface area contributed by atoms with E-state index in [1.165, 1.54) is 6.42 Å². The van der Waals surface area contributed by atoms with Crippen LogP contribution >= 0.6 is 0 Å². The maximum Gasteiger partial charge on any atom is 0.318 e. The van der Waals surface area contributed by atoms with Crippen LogP contribution in [-0.2, 0) is 0 Å². The van der Waals surface area contributed by atoms with Crippen molar-refractivity contribution in [3.63, 3.8) is 0 Å². The van der Waals surface area contributed by atoms with E-state index in [2.05, 4.69) is 12.2 Å². The summed E-state index contributed by atoms with van der Waals surface area (Å²) in [4.78, 5) is 14.1. The Labute approximate surface area is 115 Å². The molecule has 0 aromatic carbocycles. The third kappa shape index (κ3) is 3.01. The number of nitrogens with zero attached hydrogens (tertiary/aromatic N) is 1. The maximum absolute atomic E-state index is 12.2. The molecule has 0 bridgehead atoms. The Kier molecular flexibility index (Phi) is 4.32. The van der Waals surface area contributed by atoms with E-state index in [1.807, 2.05) is 4.90 Å². The Hall–Kier alpha value is -1.26. The van der Waals surface area contributed by atoms with Crippen LogP contribution in [0, 0.1) is 11.3 Å². The predicted octanol–water partition coefficient (Wildman–Crippen LogP) is 2.07. The third-order valence-electron chi connectivity index (χ3n) is 4.79. The zero-order chi connectivity index (χ0) is 13.9. The Morgan fingerprint density at radius 2 is 1.95 bits per heavy atom. The lowest BCUT2D eigenvalue weighted by atomic mass is 9.75. The molecule has 2 aliphatic rings. The minimum absolute atomic E-state index is 0.0392. The van der Waals surface area contributed by atoms with E-state index in [9.17, 15) is 4.79 Å². The first-order chi connectivity index (χ1) is 9.07. The monoisotopic (exact) mass is 266 g/mol. The number of amidine groups is 1. The molecule has 0 radical (unpaired) electrons. The second-order valence-electron chi connectivity index (χ2n) is 5.97. The van der Waals surface area contributed by atoms with Crippen LogP contribution in [0.4, 0.5) is 4.79 Å². The van der Waals surface area contributed by atoms with Gasteiger partial charge < -0.3 is 16.0 Å². The van der Waals surface area contributed by atoms with Gasteiger partial charge in [-0.15, -0.1) is 0 Å². The van der Waals surface area contributed by atoms with Gasteiger partial charge in [-0.1, -0.05) is 13.3 Å². The van der Waals surface area contributed by atoms with Crippen molar-refractivity contribution in [2.75, 3.05) is 13.1 Å². The summed E-state index contributed by atoms with van der Waals surface area (Å²) >= 11 is 0. The summed E-state index contributed by atoms with van der Waals surface area (Å²) < 4.78 is 0. The van der Waals surface area contributed by atoms with Gasteiger partial charge in [0.1, 0.15) is 5.84 Å². The first kappa shape index (κ1) is 14.2. The fourth-order valence-electron chi connectivity index (χ4n) is 3.24. The smallest absolute Gasteiger partial charge is 0.318 e. The lowest BCUT2D eigenvalue weighted by molar-refractivity contribution is 0.184. The number of hydrogen-bond acceptors (Lipinski definition) is 2. The highest BCUT2D eigenvalue weighted by Gasteiger charge is 2.40. The summed E-state index contributed by atoms with van der Waals surface area (Å²) in [6.07, 6.45) is 7.05. The second kappa shape index (κ2) is 5.80. The zero-order valence-electron chi connectivity index (χ0n) is 11.9. The van der Waals surface area contributed by atoms with E-state index in [-0.39, 0.29) is 11.9 Å². The molecule has 1 saturated heterocycles. The lowest BCUT2D eigenvalue weighted by Gasteiger charge is -2.40. The highest BCUT2D eigenvalue weighted by Crippen LogP contribution is 2.34. The van der Waals surface area contributed by atoms with Crippen molar-refractivity contribution >= 4 is 11.9 Å². The molecule has 5 nitrogen and oxygen atoms in total. The number of urea groups is 1. The largest absolute Gasteiger partial charge is 0.386 e. The van der Waals surface area contributed by atoms with Gasteiger partial charge in [0.2, 0.25) is 0 Å². The molecule has 0 aromatic heterocycles. The van der Waals surface area contributed by atoms with Gasteiger partial charge in [0.05, 0.1) is 5.54 Å². The molecule has 1 aliphatic carbocycles. The molecule has 5 heteroatoms. The fraction of sp³-hybridized carbons (Fsp3) is 0.857. The van der Waals surface area contributed by atoms with Crippen LogP contribution in [-0.4, -0.2) is 35.4 Å². The Bertz CT molecular complexity index is 341. The van der Waals surface area contributed by atoms with Crippen LogP contribution in [0.2, 0.25) is 0 Å². The molecule has 1 aliphatic heterocycles. The Morgan fingerprint density at radius 1 is 1.37 bits per heavy atom. The number of rotatable bonds is 3. The Morgan fingerprint density at radius 3 is 2.42 bits per heavy atom. The molecule has 0 unspecified atom stereocenters. The van der Waals surface area contributed by atoms with Gasteiger partial charge in [-0.05, 0) is 44.4 Å². The topological polar surface area (TPSA) is 82.2 Å². The van der Waals surface area contributed by atoms with Crippen molar-refractivity contribution in [1.29, 1.82) is 5.41 Å². The number of carbonyl (C=O) groups is 1. The van der Waals surface area contributed by atoms with Gasteiger partial charge in [0, 0.05) is 13.1 Å². The lowest BCUT2D eigenvalue weighted by Crippen LogP contribution is -2.61. The minimum Gasteiger partial charge on any atom is -0.386 e. The predicted molar refractivity (Wildman–Crippen MR) is 76.2 cm³/mol. The normalized spacial score (nSPS) is 31.2. The number of amides is 2. The van der Waals surface area contributed by atoms with Gasteiger partial charge >= 0.3 is 6.03 Å². The summed E-state index contributed by atoms with van der Waals surface area (Å²) in [6.45, 7) is 3.86. The highest BCUT2D eigenvalue weighted by atomic mass is 16.2. The summed E-state index contributed by atoms with van der Waals surface area (Å²) in [7, 11) is 0. The molecule has 2 fully saturated rings. The van der Waals surface area contributed by atoms with Crippen LogP contribution in [0.5, 0.6) is 0 Å². The number of nitrogens with two attached hydrogens (primary N) is 1. The van der Waals surface area contributed by atoms with E-state index in [1.54, 1.807) is 0 Å². The third-order valence-corrected chi connectivity index (χ3v) is 4.79. The van der Waals surface area contributed by atoms with E-state index >= 15 is 0 Å². The summed E-state index contributed by atoms with van der Waals surface area (Å²) in [6, 6.07) is -0.0392. The van der Waals surface area contributed by atoms with Gasteiger partial charge in [-0.2, -0.15) is 0 Å². The van der Waals surface area contributed by atoms with Crippen molar-refractivity contribution in [3.8, 4) is 0 Å². The fourth-order valence-corrected chi connectivity index (χ4v) is 3.24. The van der Waals surface area contributed by atoms with Crippen molar-refractivity contribution in [1.82, 2.24) is 10.2 Å². The number of carbonyl (C=O) groups excluding carboxylic acids is 1. The Balaban J connectivity index is 2.00. The summed E-state index contributed by atoms with van der Waals surface area (Å²) in [5.74, 6) is 0.839. The average molecular weight is 266 g/mol. The molecule has 0 spiro atoms. The van der Waals surface area contributed by atoms with Gasteiger partial charge in [-0.25, -0.2) is 4.79 Å². The van der Waals surface area contributed by atoms with Crippen LogP contribution in [0.1, 0.15) is 51.9 Å². The van der Waals surface area contributed by atoms with Gasteiger partial charge in [0.15, 0.2) is 0 Å². The van der Waals surface area contributed by atoms with Crippen LogP contribution < -0.4 is 11.1 Å². The van der Waals surface area contributed by atoms with Gasteiger partial charge in [-0.3, -0.25) is 5.41 Å². The first-order valence-electron chi connectivity index (χ1n) is 7.49. The van der Waals surface area contributed by atoms with E-state index in [0.717, 1.165) is 57.5 Å². The maximum atomic E-state index is 12.2. The SMILES string of the molecule is CCC1CCC(NC(=O)N2CCCC2)(C(=N)N)CC1. The van der Waals surface area contributed by atoms with Crippen molar-refractivity contribution in [2.24, 2.45) is 11.7 Å². The molecule has 0 atom stereocenters. The van der Waals surface area contributed by atoms with Crippen molar-refractivity contribution < 1.29 is 4.79 Å². The second-order valence-corrected chi connectivity index (χ2v) is 5.97. The van der Waals surface area contributed by atoms with Crippen LogP contribution in [0.25, 0.3) is 0 Å². The molecule has 108 valence electrons. The summed E-state index contributed by atoms with van der Waals surface area (Å²) in [5.41, 5.74) is 5.19. The van der Waals surface area contributed by atoms with Crippen LogP contribution in [0.3, 0.4) is 0 Å². The standard InChI is InChI=1S/C14H26N4O/c1-2-11-5-7-14(8-6-11,12(15)16)17-13(19)18-9-3-4-10-18/h11H,2-10H2,1H3,(H3,15,16)(H,17,19). The molecule has 1 saturated carbocycles. The van der Waals surface area contributed by atoms with Crippen molar-refractivity contribution in [3.05, 3.63) is 0 Å².